The fourth-order valence-corrected chi connectivity index (χ4v) is 2.51. The van der Waals surface area contributed by atoms with Crippen LogP contribution in [0.25, 0.3) is 6.08 Å². The summed E-state index contributed by atoms with van der Waals surface area (Å²) >= 11 is 5.14. The Labute approximate surface area is 144 Å². The highest BCUT2D eigenvalue weighted by Gasteiger charge is 2.33. The molecule has 5 nitrogen and oxygen atoms in total. The molecule has 6 heteroatoms. The molecule has 2 amide bonds. The van der Waals surface area contributed by atoms with Crippen molar-refractivity contribution in [3.63, 3.8) is 0 Å². The Morgan fingerprint density at radius 1 is 1.17 bits per heavy atom. The van der Waals surface area contributed by atoms with Crippen molar-refractivity contribution >= 4 is 40.9 Å². The summed E-state index contributed by atoms with van der Waals surface area (Å²) in [4.78, 5) is 26.1. The van der Waals surface area contributed by atoms with Gasteiger partial charge in [-0.1, -0.05) is 23.8 Å². The van der Waals surface area contributed by atoms with Crippen molar-refractivity contribution in [3.05, 3.63) is 71.7 Å². The smallest absolute Gasteiger partial charge is 0.270 e. The predicted molar refractivity (Wildman–Crippen MR) is 95.2 cm³/mol. The maximum absolute atomic E-state index is 12.7. The molecule has 0 radical (unpaired) electrons. The molecular weight excluding hydrogens is 324 g/mol. The highest BCUT2D eigenvalue weighted by Crippen LogP contribution is 2.21. The van der Waals surface area contributed by atoms with E-state index in [0.717, 1.165) is 5.56 Å². The van der Waals surface area contributed by atoms with Gasteiger partial charge in [-0.25, -0.2) is 0 Å². The number of hydrogen-bond donors (Lipinski definition) is 1. The van der Waals surface area contributed by atoms with E-state index in [1.165, 1.54) is 11.0 Å². The van der Waals surface area contributed by atoms with Crippen LogP contribution < -0.4 is 10.2 Å². The van der Waals surface area contributed by atoms with Gasteiger partial charge in [0.15, 0.2) is 5.11 Å². The summed E-state index contributed by atoms with van der Waals surface area (Å²) in [5, 5.41) is 2.61. The number of allylic oxidation sites excluding steroid dienone is 2. The number of aryl methyl sites for hydroxylation is 1. The van der Waals surface area contributed by atoms with Crippen LogP contribution in [-0.2, 0) is 9.59 Å². The molecule has 1 aromatic heterocycles. The minimum absolute atomic E-state index is 0.00646. The van der Waals surface area contributed by atoms with Crippen molar-refractivity contribution in [1.82, 2.24) is 5.32 Å². The third-order valence-electron chi connectivity index (χ3n) is 3.46. The first kappa shape index (κ1) is 15.9. The minimum atomic E-state index is -0.516. The Bertz CT molecular complexity index is 849. The Hall–Kier alpha value is -2.99. The first-order valence-corrected chi connectivity index (χ1v) is 7.65. The average Bonchev–Trinajstić information content (AvgIpc) is 3.05. The van der Waals surface area contributed by atoms with Gasteiger partial charge >= 0.3 is 0 Å². The standard InChI is InChI=1S/C18H14N2O3S/c1-12-7-9-13(10-8-12)20-17(22)15(16(21)19-18(20)24)6-2-4-14-5-3-11-23-14/h2-11H,1H3,(H,19,21,24)/b4-2-,15-6-. The van der Waals surface area contributed by atoms with Crippen LogP contribution in [-0.4, -0.2) is 16.9 Å². The molecule has 0 saturated carbocycles. The van der Waals surface area contributed by atoms with Crippen LogP contribution >= 0.6 is 12.2 Å². The molecule has 3 rings (SSSR count). The van der Waals surface area contributed by atoms with Crippen molar-refractivity contribution < 1.29 is 14.0 Å². The molecule has 0 atom stereocenters. The molecule has 1 aliphatic heterocycles. The number of nitrogens with one attached hydrogen (secondary N) is 1. The molecule has 0 spiro atoms. The van der Waals surface area contributed by atoms with E-state index in [1.54, 1.807) is 42.7 Å². The van der Waals surface area contributed by atoms with Gasteiger partial charge in [0.25, 0.3) is 11.8 Å². The molecule has 1 aliphatic rings. The van der Waals surface area contributed by atoms with E-state index in [1.807, 2.05) is 19.1 Å². The van der Waals surface area contributed by atoms with E-state index in [0.29, 0.717) is 11.4 Å². The number of rotatable bonds is 3. The fraction of sp³-hybridized carbons (Fsp3) is 0.0556. The summed E-state index contributed by atoms with van der Waals surface area (Å²) in [6.07, 6.45) is 6.25. The van der Waals surface area contributed by atoms with Crippen LogP contribution in [0.4, 0.5) is 5.69 Å². The van der Waals surface area contributed by atoms with Crippen LogP contribution in [0.2, 0.25) is 0 Å². The van der Waals surface area contributed by atoms with E-state index in [-0.39, 0.29) is 10.7 Å². The second-order valence-corrected chi connectivity index (χ2v) is 5.58. The van der Waals surface area contributed by atoms with Crippen LogP contribution in [0.1, 0.15) is 11.3 Å². The molecule has 2 heterocycles. The molecule has 1 N–H and O–H groups in total. The van der Waals surface area contributed by atoms with Gasteiger partial charge in [-0.05, 0) is 55.6 Å². The summed E-state index contributed by atoms with van der Waals surface area (Å²) in [6, 6.07) is 10.8. The number of benzene rings is 1. The first-order valence-electron chi connectivity index (χ1n) is 7.24. The monoisotopic (exact) mass is 338 g/mol. The van der Waals surface area contributed by atoms with Gasteiger partial charge in [0.1, 0.15) is 11.3 Å². The molecule has 120 valence electrons. The zero-order valence-corrected chi connectivity index (χ0v) is 13.7. The van der Waals surface area contributed by atoms with Crippen LogP contribution in [0.15, 0.2) is 64.8 Å². The summed E-state index contributed by atoms with van der Waals surface area (Å²) in [6.45, 7) is 1.95. The number of anilines is 1. The lowest BCUT2D eigenvalue weighted by atomic mass is 10.1. The van der Waals surface area contributed by atoms with Crippen LogP contribution in [0, 0.1) is 6.92 Å². The summed E-state index contributed by atoms with van der Waals surface area (Å²) < 4.78 is 5.16. The number of carbonyl (C=O) groups is 2. The Morgan fingerprint density at radius 2 is 1.92 bits per heavy atom. The van der Waals surface area contributed by atoms with Gasteiger partial charge in [-0.2, -0.15) is 0 Å². The second-order valence-electron chi connectivity index (χ2n) is 5.19. The zero-order valence-electron chi connectivity index (χ0n) is 12.9. The molecule has 2 aromatic rings. The minimum Gasteiger partial charge on any atom is -0.465 e. The third-order valence-corrected chi connectivity index (χ3v) is 3.75. The molecule has 1 aromatic carbocycles. The SMILES string of the molecule is Cc1ccc(N2C(=O)/C(=C\C=C/c3ccco3)C(=O)NC2=S)cc1. The van der Waals surface area contributed by atoms with Crippen LogP contribution in [0.5, 0.6) is 0 Å². The molecule has 1 saturated heterocycles. The van der Waals surface area contributed by atoms with E-state index in [9.17, 15) is 9.59 Å². The van der Waals surface area contributed by atoms with Gasteiger partial charge in [-0.3, -0.25) is 19.8 Å². The number of hydrogen-bond acceptors (Lipinski definition) is 4. The molecule has 0 bridgehead atoms. The van der Waals surface area contributed by atoms with Gasteiger partial charge in [0, 0.05) is 0 Å². The van der Waals surface area contributed by atoms with E-state index in [2.05, 4.69) is 5.32 Å². The van der Waals surface area contributed by atoms with Crippen molar-refractivity contribution in [3.8, 4) is 0 Å². The summed E-state index contributed by atoms with van der Waals surface area (Å²) in [5.74, 6) is -0.351. The van der Waals surface area contributed by atoms with Gasteiger partial charge in [0.2, 0.25) is 0 Å². The first-order chi connectivity index (χ1) is 11.6. The van der Waals surface area contributed by atoms with Gasteiger partial charge in [-0.15, -0.1) is 0 Å². The molecule has 24 heavy (non-hydrogen) atoms. The van der Waals surface area contributed by atoms with Crippen molar-refractivity contribution in [2.24, 2.45) is 0 Å². The number of thiocarbonyl (C=S) groups is 1. The molecule has 1 fully saturated rings. The number of carbonyl (C=O) groups excluding carboxylic acids is 2. The molecule has 0 unspecified atom stereocenters. The average molecular weight is 338 g/mol. The lowest BCUT2D eigenvalue weighted by molar-refractivity contribution is -0.122. The van der Waals surface area contributed by atoms with Crippen molar-refractivity contribution in [2.45, 2.75) is 6.92 Å². The van der Waals surface area contributed by atoms with Gasteiger partial charge < -0.3 is 4.42 Å². The number of furan rings is 1. The zero-order chi connectivity index (χ0) is 17.1. The lowest BCUT2D eigenvalue weighted by Crippen LogP contribution is -2.54. The number of nitrogens with zero attached hydrogens (tertiary/aromatic N) is 1. The second kappa shape index (κ2) is 6.64. The topological polar surface area (TPSA) is 62.6 Å². The maximum atomic E-state index is 12.7. The fourth-order valence-electron chi connectivity index (χ4n) is 2.23. The third kappa shape index (κ3) is 3.18. The Morgan fingerprint density at radius 3 is 2.58 bits per heavy atom. The maximum Gasteiger partial charge on any atom is 0.270 e. The highest BCUT2D eigenvalue weighted by molar-refractivity contribution is 7.80. The van der Waals surface area contributed by atoms with Gasteiger partial charge in [0.05, 0.1) is 12.0 Å². The van der Waals surface area contributed by atoms with Crippen molar-refractivity contribution in [1.29, 1.82) is 0 Å². The molecular formula is C18H14N2O3S. The lowest BCUT2D eigenvalue weighted by Gasteiger charge is -2.28. The van der Waals surface area contributed by atoms with Crippen LogP contribution in [0.3, 0.4) is 0 Å². The van der Waals surface area contributed by atoms with E-state index in [4.69, 9.17) is 16.6 Å². The predicted octanol–water partition coefficient (Wildman–Crippen LogP) is 2.98. The highest BCUT2D eigenvalue weighted by atomic mass is 32.1. The Balaban J connectivity index is 1.89. The van der Waals surface area contributed by atoms with Crippen molar-refractivity contribution in [2.75, 3.05) is 4.90 Å². The largest absolute Gasteiger partial charge is 0.465 e. The summed E-state index contributed by atoms with van der Waals surface area (Å²) in [5.41, 5.74) is 1.68. The summed E-state index contributed by atoms with van der Waals surface area (Å²) in [7, 11) is 0. The van der Waals surface area contributed by atoms with E-state index >= 15 is 0 Å². The Kier molecular flexibility index (Phi) is 4.39. The quantitative estimate of drug-likeness (QED) is 0.531. The normalized spacial score (nSPS) is 17.0. The number of amides is 2. The molecule has 0 aliphatic carbocycles. The van der Waals surface area contributed by atoms with E-state index < -0.39 is 11.8 Å².